The average Bonchev–Trinajstić information content (AvgIpc) is 2.96. The maximum atomic E-state index is 12.3. The largest absolute Gasteiger partial charge is 0.467 e. The van der Waals surface area contributed by atoms with Crippen molar-refractivity contribution in [1.29, 1.82) is 0 Å². The lowest BCUT2D eigenvalue weighted by Gasteiger charge is -2.25. The van der Waals surface area contributed by atoms with Crippen LogP contribution in [0, 0.1) is 0 Å². The van der Waals surface area contributed by atoms with E-state index in [1.165, 1.54) is 0 Å². The number of hydrogen-bond donors (Lipinski definition) is 1. The van der Waals surface area contributed by atoms with Crippen molar-refractivity contribution in [2.45, 2.75) is 13.5 Å². The molecule has 2 N–H and O–H groups in total. The van der Waals surface area contributed by atoms with Crippen molar-refractivity contribution in [1.82, 2.24) is 4.90 Å². The number of rotatable bonds is 5. The molecule has 0 saturated heterocycles. The number of furan rings is 1. The number of nitrogens with zero attached hydrogens (tertiary/aromatic N) is 2. The molecule has 0 radical (unpaired) electrons. The van der Waals surface area contributed by atoms with Gasteiger partial charge in [0, 0.05) is 26.3 Å². The van der Waals surface area contributed by atoms with Crippen LogP contribution in [0.25, 0.3) is 0 Å². The zero-order valence-corrected chi connectivity index (χ0v) is 12.7. The first-order chi connectivity index (χ1) is 10.0. The van der Waals surface area contributed by atoms with E-state index >= 15 is 0 Å². The molecule has 0 bridgehead atoms. The zero-order chi connectivity index (χ0) is 15.4. The summed E-state index contributed by atoms with van der Waals surface area (Å²) in [7, 11) is 3.48. The predicted octanol–water partition coefficient (Wildman–Crippen LogP) is 2.59. The lowest BCUT2D eigenvalue weighted by Crippen LogP contribution is -2.28. The van der Waals surface area contributed by atoms with Crippen LogP contribution in [0.3, 0.4) is 0 Å². The summed E-state index contributed by atoms with van der Waals surface area (Å²) in [5, 5.41) is 0. The third kappa shape index (κ3) is 3.37. The third-order valence-corrected chi connectivity index (χ3v) is 3.31. The Morgan fingerprint density at radius 1 is 1.29 bits per heavy atom. The highest BCUT2D eigenvalue weighted by atomic mass is 16.3. The van der Waals surface area contributed by atoms with Gasteiger partial charge in [-0.05, 0) is 37.3 Å². The molecule has 2 aromatic rings. The summed E-state index contributed by atoms with van der Waals surface area (Å²) in [5.41, 5.74) is 8.00. The fourth-order valence-corrected chi connectivity index (χ4v) is 2.19. The summed E-state index contributed by atoms with van der Waals surface area (Å²) in [4.78, 5) is 16.0. The number of benzene rings is 1. The summed E-state index contributed by atoms with van der Waals surface area (Å²) < 4.78 is 5.40. The van der Waals surface area contributed by atoms with Gasteiger partial charge in [0.2, 0.25) is 0 Å². The smallest absolute Gasteiger partial charge is 0.255 e. The summed E-state index contributed by atoms with van der Waals surface area (Å²) >= 11 is 0. The Morgan fingerprint density at radius 2 is 2.05 bits per heavy atom. The molecule has 0 atom stereocenters. The Morgan fingerprint density at radius 3 is 2.62 bits per heavy atom. The van der Waals surface area contributed by atoms with Gasteiger partial charge in [-0.1, -0.05) is 0 Å². The molecule has 1 heterocycles. The maximum Gasteiger partial charge on any atom is 0.255 e. The minimum atomic E-state index is -0.0390. The molecule has 0 unspecified atom stereocenters. The van der Waals surface area contributed by atoms with Crippen molar-refractivity contribution in [2.75, 3.05) is 31.3 Å². The lowest BCUT2D eigenvalue weighted by atomic mass is 10.1. The van der Waals surface area contributed by atoms with E-state index in [-0.39, 0.29) is 5.91 Å². The van der Waals surface area contributed by atoms with Crippen LogP contribution in [0.2, 0.25) is 0 Å². The Hall–Kier alpha value is -2.43. The van der Waals surface area contributed by atoms with Gasteiger partial charge in [-0.25, -0.2) is 0 Å². The molecule has 0 saturated carbocycles. The van der Waals surface area contributed by atoms with Crippen molar-refractivity contribution < 1.29 is 9.21 Å². The van der Waals surface area contributed by atoms with Gasteiger partial charge in [0.15, 0.2) is 0 Å². The monoisotopic (exact) mass is 287 g/mol. The third-order valence-electron chi connectivity index (χ3n) is 3.31. The minimum Gasteiger partial charge on any atom is -0.467 e. The number of nitrogen functional groups attached to an aromatic ring is 1. The van der Waals surface area contributed by atoms with Gasteiger partial charge in [0.1, 0.15) is 5.76 Å². The summed E-state index contributed by atoms with van der Waals surface area (Å²) in [6.45, 7) is 3.38. The minimum absolute atomic E-state index is 0.0390. The number of anilines is 2. The highest BCUT2D eigenvalue weighted by Gasteiger charge is 2.18. The highest BCUT2D eigenvalue weighted by Crippen LogP contribution is 2.26. The highest BCUT2D eigenvalue weighted by molar-refractivity contribution is 6.00. The van der Waals surface area contributed by atoms with E-state index < -0.39 is 0 Å². The van der Waals surface area contributed by atoms with Gasteiger partial charge in [-0.15, -0.1) is 0 Å². The van der Waals surface area contributed by atoms with E-state index in [1.54, 1.807) is 37.4 Å². The van der Waals surface area contributed by atoms with Gasteiger partial charge >= 0.3 is 0 Å². The number of carbonyl (C=O) groups excluding carboxylic acids is 1. The maximum absolute atomic E-state index is 12.3. The molecule has 1 aromatic carbocycles. The van der Waals surface area contributed by atoms with Gasteiger partial charge in [-0.3, -0.25) is 4.79 Å². The van der Waals surface area contributed by atoms with E-state index in [2.05, 4.69) is 4.90 Å². The Bertz CT molecular complexity index is 606. The summed E-state index contributed by atoms with van der Waals surface area (Å²) in [6, 6.07) is 9.14. The standard InChI is InChI=1S/C16H21N3O2/c1-4-19(11-13-6-5-9-21-13)15-10-12(17)7-8-14(15)16(20)18(2)3/h5-10H,4,11,17H2,1-3H3. The summed E-state index contributed by atoms with van der Waals surface area (Å²) in [6.07, 6.45) is 1.65. The van der Waals surface area contributed by atoms with Crippen LogP contribution >= 0.6 is 0 Å². The zero-order valence-electron chi connectivity index (χ0n) is 12.7. The van der Waals surface area contributed by atoms with Crippen molar-refractivity contribution >= 4 is 17.3 Å². The van der Waals surface area contributed by atoms with Gasteiger partial charge in [0.25, 0.3) is 5.91 Å². The molecule has 0 aliphatic heterocycles. The van der Waals surface area contributed by atoms with Crippen molar-refractivity contribution in [3.63, 3.8) is 0 Å². The van der Waals surface area contributed by atoms with Crippen LogP contribution in [0.1, 0.15) is 23.0 Å². The van der Waals surface area contributed by atoms with Crippen LogP contribution in [0.5, 0.6) is 0 Å². The van der Waals surface area contributed by atoms with Gasteiger partial charge in [-0.2, -0.15) is 0 Å². The topological polar surface area (TPSA) is 62.7 Å². The van der Waals surface area contributed by atoms with Crippen LogP contribution in [0.4, 0.5) is 11.4 Å². The number of hydrogen-bond acceptors (Lipinski definition) is 4. The molecule has 5 nitrogen and oxygen atoms in total. The average molecular weight is 287 g/mol. The molecule has 5 heteroatoms. The number of carbonyl (C=O) groups is 1. The van der Waals surface area contributed by atoms with Crippen LogP contribution in [-0.2, 0) is 6.54 Å². The Kier molecular flexibility index (Phi) is 4.52. The van der Waals surface area contributed by atoms with Crippen molar-refractivity contribution in [3.8, 4) is 0 Å². The van der Waals surface area contributed by atoms with Gasteiger partial charge < -0.3 is 20.0 Å². The fraction of sp³-hybridized carbons (Fsp3) is 0.312. The molecule has 0 aliphatic rings. The number of amides is 1. The molecule has 1 aromatic heterocycles. The molecular weight excluding hydrogens is 266 g/mol. The van der Waals surface area contributed by atoms with Crippen LogP contribution < -0.4 is 10.6 Å². The molecule has 21 heavy (non-hydrogen) atoms. The second-order valence-corrected chi connectivity index (χ2v) is 5.07. The molecule has 2 rings (SSSR count). The normalized spacial score (nSPS) is 10.4. The molecule has 112 valence electrons. The first-order valence-electron chi connectivity index (χ1n) is 6.91. The van der Waals surface area contributed by atoms with E-state index in [0.717, 1.165) is 18.0 Å². The van der Waals surface area contributed by atoms with E-state index in [0.29, 0.717) is 17.8 Å². The fourth-order valence-electron chi connectivity index (χ4n) is 2.19. The van der Waals surface area contributed by atoms with Crippen LogP contribution in [-0.4, -0.2) is 31.4 Å². The van der Waals surface area contributed by atoms with Crippen molar-refractivity contribution in [3.05, 3.63) is 47.9 Å². The van der Waals surface area contributed by atoms with Crippen molar-refractivity contribution in [2.24, 2.45) is 0 Å². The SMILES string of the molecule is CCN(Cc1ccco1)c1cc(N)ccc1C(=O)N(C)C. The quantitative estimate of drug-likeness (QED) is 0.859. The molecular formula is C16H21N3O2. The molecule has 0 spiro atoms. The predicted molar refractivity (Wildman–Crippen MR) is 84.3 cm³/mol. The van der Waals surface area contributed by atoms with E-state index in [1.807, 2.05) is 25.1 Å². The molecule has 1 amide bonds. The molecule has 0 aliphatic carbocycles. The Labute approximate surface area is 124 Å². The second-order valence-electron chi connectivity index (χ2n) is 5.07. The van der Waals surface area contributed by atoms with Crippen LogP contribution in [0.15, 0.2) is 41.0 Å². The first kappa shape index (κ1) is 15.0. The summed E-state index contributed by atoms with van der Waals surface area (Å²) in [5.74, 6) is 0.811. The van der Waals surface area contributed by atoms with E-state index in [9.17, 15) is 4.79 Å². The van der Waals surface area contributed by atoms with E-state index in [4.69, 9.17) is 10.2 Å². The molecule has 0 fully saturated rings. The Balaban J connectivity index is 2.39. The first-order valence-corrected chi connectivity index (χ1v) is 6.91. The second kappa shape index (κ2) is 6.35. The lowest BCUT2D eigenvalue weighted by molar-refractivity contribution is 0.0828. The number of nitrogens with two attached hydrogens (primary N) is 1. The van der Waals surface area contributed by atoms with Gasteiger partial charge in [0.05, 0.1) is 24.1 Å².